The molecule has 1 rings (SSSR count). The lowest BCUT2D eigenvalue weighted by Crippen LogP contribution is -2.03. The van der Waals surface area contributed by atoms with Crippen LogP contribution in [0.3, 0.4) is 0 Å². The molecule has 0 aliphatic carbocycles. The van der Waals surface area contributed by atoms with Crippen LogP contribution in [0.15, 0.2) is 12.1 Å². The van der Waals surface area contributed by atoms with E-state index in [1.807, 2.05) is 13.0 Å². The van der Waals surface area contributed by atoms with Crippen LogP contribution in [0.25, 0.3) is 0 Å². The summed E-state index contributed by atoms with van der Waals surface area (Å²) in [5.74, 6) is 0.179. The molecule has 0 fully saturated rings. The van der Waals surface area contributed by atoms with Gasteiger partial charge in [-0.25, -0.2) is 0 Å². The first-order valence-corrected chi connectivity index (χ1v) is 4.68. The number of Topliss-reactive ketones (excluding diaryl/α,β-unsaturated/α-hetero) is 1. The maximum atomic E-state index is 11.4. The molecule has 0 atom stereocenters. The lowest BCUT2D eigenvalue weighted by Gasteiger charge is -2.11. The molecule has 70 valence electrons. The van der Waals surface area contributed by atoms with E-state index >= 15 is 0 Å². The number of benzene rings is 1. The average molecular weight is 176 g/mol. The normalized spacial score (nSPS) is 10.2. The van der Waals surface area contributed by atoms with Crippen LogP contribution in [-0.4, -0.2) is 5.78 Å². The van der Waals surface area contributed by atoms with Gasteiger partial charge in [0, 0.05) is 5.56 Å². The van der Waals surface area contributed by atoms with Crippen LogP contribution >= 0.6 is 0 Å². The van der Waals surface area contributed by atoms with Crippen LogP contribution in [0.1, 0.15) is 40.9 Å². The van der Waals surface area contributed by atoms with Gasteiger partial charge in [0.2, 0.25) is 0 Å². The van der Waals surface area contributed by atoms with Crippen LogP contribution in [0.5, 0.6) is 0 Å². The molecule has 1 heteroatoms. The number of hydrogen-bond acceptors (Lipinski definition) is 1. The van der Waals surface area contributed by atoms with Crippen molar-refractivity contribution in [3.8, 4) is 0 Å². The maximum absolute atomic E-state index is 11.4. The van der Waals surface area contributed by atoms with Crippen molar-refractivity contribution in [2.45, 2.75) is 34.1 Å². The highest BCUT2D eigenvalue weighted by atomic mass is 16.1. The molecule has 0 aliphatic heterocycles. The topological polar surface area (TPSA) is 17.1 Å². The van der Waals surface area contributed by atoms with E-state index < -0.39 is 0 Å². The van der Waals surface area contributed by atoms with Gasteiger partial charge in [-0.1, -0.05) is 19.1 Å². The summed E-state index contributed by atoms with van der Waals surface area (Å²) in [6.07, 6.45) is 0.933. The van der Waals surface area contributed by atoms with Gasteiger partial charge in [-0.3, -0.25) is 4.79 Å². The number of rotatable bonds is 2. The van der Waals surface area contributed by atoms with E-state index in [1.54, 1.807) is 6.92 Å². The Morgan fingerprint density at radius 3 is 2.15 bits per heavy atom. The van der Waals surface area contributed by atoms with Crippen LogP contribution < -0.4 is 0 Å². The van der Waals surface area contributed by atoms with Crippen molar-refractivity contribution in [3.63, 3.8) is 0 Å². The van der Waals surface area contributed by atoms with Crippen molar-refractivity contribution in [3.05, 3.63) is 34.4 Å². The minimum Gasteiger partial charge on any atom is -0.294 e. The smallest absolute Gasteiger partial charge is 0.160 e. The van der Waals surface area contributed by atoms with Gasteiger partial charge in [0.15, 0.2) is 5.78 Å². The summed E-state index contributed by atoms with van der Waals surface area (Å²) in [6, 6.07) is 4.10. The summed E-state index contributed by atoms with van der Waals surface area (Å²) < 4.78 is 0. The zero-order valence-electron chi connectivity index (χ0n) is 8.77. The molecule has 1 nitrogen and oxygen atoms in total. The Morgan fingerprint density at radius 2 is 1.77 bits per heavy atom. The minimum atomic E-state index is 0.179. The summed E-state index contributed by atoms with van der Waals surface area (Å²) in [7, 11) is 0. The molecular weight excluding hydrogens is 160 g/mol. The fourth-order valence-electron chi connectivity index (χ4n) is 1.81. The first kappa shape index (κ1) is 9.97. The standard InChI is InChI=1S/C12H16O/c1-5-11-8(2)6-7-9(3)12(11)10(4)13/h6-7H,5H2,1-4H3. The monoisotopic (exact) mass is 176 g/mol. The lowest BCUT2D eigenvalue weighted by atomic mass is 9.93. The third-order valence-corrected chi connectivity index (χ3v) is 2.46. The molecule has 0 unspecified atom stereocenters. The van der Waals surface area contributed by atoms with Crippen LogP contribution in [-0.2, 0) is 6.42 Å². The maximum Gasteiger partial charge on any atom is 0.160 e. The first-order valence-electron chi connectivity index (χ1n) is 4.68. The van der Waals surface area contributed by atoms with Crippen molar-refractivity contribution in [1.29, 1.82) is 0 Å². The van der Waals surface area contributed by atoms with Crippen molar-refractivity contribution in [1.82, 2.24) is 0 Å². The number of carbonyl (C=O) groups excluding carboxylic acids is 1. The van der Waals surface area contributed by atoms with E-state index in [1.165, 1.54) is 11.1 Å². The lowest BCUT2D eigenvalue weighted by molar-refractivity contribution is 0.101. The second-order valence-electron chi connectivity index (χ2n) is 3.46. The molecule has 0 bridgehead atoms. The predicted octanol–water partition coefficient (Wildman–Crippen LogP) is 3.07. The number of hydrogen-bond donors (Lipinski definition) is 0. The number of aryl methyl sites for hydroxylation is 2. The van der Waals surface area contributed by atoms with Gasteiger partial charge in [-0.15, -0.1) is 0 Å². The number of ketones is 1. The third kappa shape index (κ3) is 1.80. The molecule has 0 saturated heterocycles. The summed E-state index contributed by atoms with van der Waals surface area (Å²) in [5, 5.41) is 0. The second kappa shape index (κ2) is 3.73. The zero-order chi connectivity index (χ0) is 10.0. The molecule has 0 N–H and O–H groups in total. The van der Waals surface area contributed by atoms with E-state index in [2.05, 4.69) is 19.9 Å². The van der Waals surface area contributed by atoms with Crippen molar-refractivity contribution < 1.29 is 4.79 Å². The predicted molar refractivity (Wildman–Crippen MR) is 55.3 cm³/mol. The largest absolute Gasteiger partial charge is 0.294 e. The number of carbonyl (C=O) groups is 1. The Labute approximate surface area is 79.8 Å². The second-order valence-corrected chi connectivity index (χ2v) is 3.46. The molecule has 13 heavy (non-hydrogen) atoms. The van der Waals surface area contributed by atoms with E-state index in [0.717, 1.165) is 17.5 Å². The molecular formula is C12H16O. The molecule has 0 heterocycles. The Hall–Kier alpha value is -1.11. The van der Waals surface area contributed by atoms with Crippen molar-refractivity contribution in [2.24, 2.45) is 0 Å². The highest BCUT2D eigenvalue weighted by molar-refractivity contribution is 5.97. The Kier molecular flexibility index (Phi) is 2.86. The van der Waals surface area contributed by atoms with Gasteiger partial charge in [0.1, 0.15) is 0 Å². The highest BCUT2D eigenvalue weighted by Crippen LogP contribution is 2.19. The van der Waals surface area contributed by atoms with Crippen molar-refractivity contribution >= 4 is 5.78 Å². The van der Waals surface area contributed by atoms with Gasteiger partial charge in [-0.2, -0.15) is 0 Å². The highest BCUT2D eigenvalue weighted by Gasteiger charge is 2.10. The summed E-state index contributed by atoms with van der Waals surface area (Å²) in [6.45, 7) is 7.79. The Balaban J connectivity index is 3.43. The molecule has 1 aromatic rings. The van der Waals surface area contributed by atoms with Crippen LogP contribution in [0.4, 0.5) is 0 Å². The fourth-order valence-corrected chi connectivity index (χ4v) is 1.81. The molecule has 0 aromatic heterocycles. The van der Waals surface area contributed by atoms with Crippen molar-refractivity contribution in [2.75, 3.05) is 0 Å². The van der Waals surface area contributed by atoms with Gasteiger partial charge in [0.05, 0.1) is 0 Å². The van der Waals surface area contributed by atoms with E-state index in [9.17, 15) is 4.79 Å². The Bertz CT molecular complexity index is 337. The Morgan fingerprint density at radius 1 is 1.23 bits per heavy atom. The van der Waals surface area contributed by atoms with E-state index in [0.29, 0.717) is 0 Å². The van der Waals surface area contributed by atoms with Gasteiger partial charge in [-0.05, 0) is 43.9 Å². The van der Waals surface area contributed by atoms with Crippen LogP contribution in [0.2, 0.25) is 0 Å². The fraction of sp³-hybridized carbons (Fsp3) is 0.417. The third-order valence-electron chi connectivity index (χ3n) is 2.46. The summed E-state index contributed by atoms with van der Waals surface area (Å²) >= 11 is 0. The first-order chi connectivity index (χ1) is 6.07. The SMILES string of the molecule is CCc1c(C)ccc(C)c1C(C)=O. The molecule has 0 spiro atoms. The molecule has 0 aliphatic rings. The quantitative estimate of drug-likeness (QED) is 0.633. The minimum absolute atomic E-state index is 0.179. The molecule has 0 saturated carbocycles. The molecule has 0 radical (unpaired) electrons. The van der Waals surface area contributed by atoms with E-state index in [-0.39, 0.29) is 5.78 Å². The molecule has 1 aromatic carbocycles. The summed E-state index contributed by atoms with van der Waals surface area (Å²) in [4.78, 5) is 11.4. The summed E-state index contributed by atoms with van der Waals surface area (Å²) in [5.41, 5.74) is 4.43. The molecule has 0 amide bonds. The van der Waals surface area contributed by atoms with Crippen LogP contribution in [0, 0.1) is 13.8 Å². The zero-order valence-corrected chi connectivity index (χ0v) is 8.77. The van der Waals surface area contributed by atoms with Gasteiger partial charge in [0.25, 0.3) is 0 Å². The van der Waals surface area contributed by atoms with Gasteiger partial charge < -0.3 is 0 Å². The van der Waals surface area contributed by atoms with Gasteiger partial charge >= 0.3 is 0 Å². The van der Waals surface area contributed by atoms with E-state index in [4.69, 9.17) is 0 Å². The average Bonchev–Trinajstić information content (AvgIpc) is 2.07.